The second kappa shape index (κ2) is 8.05. The average molecular weight is 347 g/mol. The summed E-state index contributed by atoms with van der Waals surface area (Å²) in [6.45, 7) is 2.76. The summed E-state index contributed by atoms with van der Waals surface area (Å²) >= 11 is 0. The predicted octanol–water partition coefficient (Wildman–Crippen LogP) is 1.41. The lowest BCUT2D eigenvalue weighted by atomic mass is 10.1. The molecule has 128 valence electrons. The van der Waals surface area contributed by atoms with Crippen LogP contribution in [0.2, 0.25) is 0 Å². The molecule has 2 aromatic carbocycles. The molecule has 0 fully saturated rings. The molecule has 4 N–H and O–H groups in total. The van der Waals surface area contributed by atoms with Gasteiger partial charge in [0.15, 0.2) is 0 Å². The largest absolute Gasteiger partial charge is 0.325 e. The molecule has 0 atom stereocenters. The molecule has 2 aromatic rings. The molecule has 0 aliphatic heterocycles. The maximum atomic E-state index is 11.9. The van der Waals surface area contributed by atoms with Crippen LogP contribution in [-0.4, -0.2) is 27.4 Å². The monoisotopic (exact) mass is 347 g/mol. The first-order chi connectivity index (χ1) is 11.4. The molecule has 6 nitrogen and oxygen atoms in total. The average Bonchev–Trinajstić information content (AvgIpc) is 2.53. The number of rotatable bonds is 7. The first-order valence-electron chi connectivity index (χ1n) is 7.54. The van der Waals surface area contributed by atoms with Crippen molar-refractivity contribution in [2.45, 2.75) is 18.2 Å². The summed E-state index contributed by atoms with van der Waals surface area (Å²) < 4.78 is 22.3. The second-order valence-corrected chi connectivity index (χ2v) is 7.04. The smallest absolute Gasteiger partial charge is 0.238 e. The van der Waals surface area contributed by atoms with Crippen LogP contribution in [0.25, 0.3) is 0 Å². The van der Waals surface area contributed by atoms with Gasteiger partial charge in [0.2, 0.25) is 15.9 Å². The fourth-order valence-corrected chi connectivity index (χ4v) is 2.70. The van der Waals surface area contributed by atoms with Crippen molar-refractivity contribution in [1.29, 1.82) is 0 Å². The number of nitrogens with one attached hydrogen (secondary N) is 2. The number of benzene rings is 2. The molecule has 0 saturated carbocycles. The van der Waals surface area contributed by atoms with Gasteiger partial charge in [-0.15, -0.1) is 0 Å². The third-order valence-corrected chi connectivity index (χ3v) is 4.48. The van der Waals surface area contributed by atoms with E-state index in [4.69, 9.17) is 5.14 Å². The standard InChI is InChI=1S/C17H21N3O3S/c1-13-4-2-3-5-16(13)20-17(21)12-19-11-10-14-6-8-15(9-7-14)24(18,22)23/h2-9,19H,10-12H2,1H3,(H,20,21)(H2,18,22,23). The van der Waals surface area contributed by atoms with Gasteiger partial charge in [0.05, 0.1) is 11.4 Å². The molecule has 0 aromatic heterocycles. The fourth-order valence-electron chi connectivity index (χ4n) is 2.19. The number of carbonyl (C=O) groups excluding carboxylic acids is 1. The summed E-state index contributed by atoms with van der Waals surface area (Å²) in [6.07, 6.45) is 0.683. The van der Waals surface area contributed by atoms with Gasteiger partial charge in [0.1, 0.15) is 0 Å². The van der Waals surface area contributed by atoms with Crippen LogP contribution in [0.4, 0.5) is 5.69 Å². The Labute approximate surface area is 142 Å². The van der Waals surface area contributed by atoms with Crippen LogP contribution < -0.4 is 15.8 Å². The lowest BCUT2D eigenvalue weighted by molar-refractivity contribution is -0.115. The van der Waals surface area contributed by atoms with E-state index < -0.39 is 10.0 Å². The van der Waals surface area contributed by atoms with E-state index >= 15 is 0 Å². The number of nitrogens with two attached hydrogens (primary N) is 1. The van der Waals surface area contributed by atoms with Crippen LogP contribution in [0.1, 0.15) is 11.1 Å². The van der Waals surface area contributed by atoms with Gasteiger partial charge < -0.3 is 10.6 Å². The zero-order chi connectivity index (χ0) is 17.6. The summed E-state index contributed by atoms with van der Waals surface area (Å²) in [6, 6.07) is 14.0. The van der Waals surface area contributed by atoms with Crippen molar-refractivity contribution in [1.82, 2.24) is 5.32 Å². The predicted molar refractivity (Wildman–Crippen MR) is 94.2 cm³/mol. The molecule has 24 heavy (non-hydrogen) atoms. The summed E-state index contributed by atoms with van der Waals surface area (Å²) in [5.41, 5.74) is 2.79. The highest BCUT2D eigenvalue weighted by atomic mass is 32.2. The maximum Gasteiger partial charge on any atom is 0.238 e. The Morgan fingerprint density at radius 2 is 1.75 bits per heavy atom. The SMILES string of the molecule is Cc1ccccc1NC(=O)CNCCc1ccc(S(N)(=O)=O)cc1. The van der Waals surface area contributed by atoms with E-state index in [0.717, 1.165) is 16.8 Å². The van der Waals surface area contributed by atoms with Crippen LogP contribution in [0.15, 0.2) is 53.4 Å². The van der Waals surface area contributed by atoms with Gasteiger partial charge in [-0.25, -0.2) is 13.6 Å². The molecule has 1 amide bonds. The van der Waals surface area contributed by atoms with E-state index in [0.29, 0.717) is 13.0 Å². The van der Waals surface area contributed by atoms with Crippen molar-refractivity contribution in [2.24, 2.45) is 5.14 Å². The molecule has 7 heteroatoms. The number of amides is 1. The summed E-state index contributed by atoms with van der Waals surface area (Å²) in [7, 11) is -3.66. The molecule has 0 bridgehead atoms. The zero-order valence-electron chi connectivity index (χ0n) is 13.5. The van der Waals surface area contributed by atoms with Gasteiger partial charge in [-0.2, -0.15) is 0 Å². The zero-order valence-corrected chi connectivity index (χ0v) is 14.3. The highest BCUT2D eigenvalue weighted by Crippen LogP contribution is 2.12. The number of para-hydroxylation sites is 1. The molecule has 2 rings (SSSR count). The van der Waals surface area contributed by atoms with Gasteiger partial charge >= 0.3 is 0 Å². The Bertz CT molecular complexity index is 802. The number of hydrogen-bond donors (Lipinski definition) is 3. The van der Waals surface area contributed by atoms with Gasteiger partial charge in [-0.05, 0) is 49.2 Å². The van der Waals surface area contributed by atoms with Crippen LogP contribution in [0, 0.1) is 6.92 Å². The quantitative estimate of drug-likeness (QED) is 0.659. The highest BCUT2D eigenvalue weighted by molar-refractivity contribution is 7.89. The minimum Gasteiger partial charge on any atom is -0.325 e. The first kappa shape index (κ1) is 18.1. The first-order valence-corrected chi connectivity index (χ1v) is 9.09. The van der Waals surface area contributed by atoms with Crippen molar-refractivity contribution < 1.29 is 13.2 Å². The second-order valence-electron chi connectivity index (χ2n) is 5.48. The van der Waals surface area contributed by atoms with Crippen LogP contribution >= 0.6 is 0 Å². The third kappa shape index (κ3) is 5.45. The van der Waals surface area contributed by atoms with Crippen LogP contribution in [-0.2, 0) is 21.2 Å². The van der Waals surface area contributed by atoms with Crippen molar-refractivity contribution in [3.63, 3.8) is 0 Å². The molecule has 0 saturated heterocycles. The Morgan fingerprint density at radius 3 is 2.38 bits per heavy atom. The van der Waals surface area contributed by atoms with Crippen molar-refractivity contribution in [3.05, 3.63) is 59.7 Å². The maximum absolute atomic E-state index is 11.9. The minimum atomic E-state index is -3.66. The normalized spacial score (nSPS) is 11.2. The number of anilines is 1. The lowest BCUT2D eigenvalue weighted by Crippen LogP contribution is -2.29. The van der Waals surface area contributed by atoms with Crippen LogP contribution in [0.5, 0.6) is 0 Å². The molecular formula is C17H21N3O3S. The molecule has 0 radical (unpaired) electrons. The van der Waals surface area contributed by atoms with E-state index in [9.17, 15) is 13.2 Å². The summed E-state index contributed by atoms with van der Waals surface area (Å²) in [5.74, 6) is -0.103. The Hall–Kier alpha value is -2.22. The van der Waals surface area contributed by atoms with Gasteiger partial charge in [0.25, 0.3) is 0 Å². The van der Waals surface area contributed by atoms with E-state index in [-0.39, 0.29) is 17.3 Å². The molecule has 0 aliphatic carbocycles. The molecule has 0 aliphatic rings. The van der Waals surface area contributed by atoms with E-state index in [1.165, 1.54) is 12.1 Å². The van der Waals surface area contributed by atoms with Crippen LogP contribution in [0.3, 0.4) is 0 Å². The number of hydrogen-bond acceptors (Lipinski definition) is 4. The van der Waals surface area contributed by atoms with Gasteiger partial charge in [-0.3, -0.25) is 4.79 Å². The summed E-state index contributed by atoms with van der Waals surface area (Å²) in [5, 5.41) is 11.0. The van der Waals surface area contributed by atoms with E-state index in [1.807, 2.05) is 31.2 Å². The fraction of sp³-hybridized carbons (Fsp3) is 0.235. The third-order valence-electron chi connectivity index (χ3n) is 3.55. The van der Waals surface area contributed by atoms with E-state index in [2.05, 4.69) is 10.6 Å². The Kier molecular flexibility index (Phi) is 6.08. The van der Waals surface area contributed by atoms with E-state index in [1.54, 1.807) is 12.1 Å². The topological polar surface area (TPSA) is 101 Å². The van der Waals surface area contributed by atoms with Crippen molar-refractivity contribution in [3.8, 4) is 0 Å². The number of sulfonamides is 1. The molecule has 0 unspecified atom stereocenters. The Balaban J connectivity index is 1.75. The lowest BCUT2D eigenvalue weighted by Gasteiger charge is -2.09. The van der Waals surface area contributed by atoms with Crippen molar-refractivity contribution in [2.75, 3.05) is 18.4 Å². The molecule has 0 spiro atoms. The summed E-state index contributed by atoms with van der Waals surface area (Å²) in [4.78, 5) is 12.0. The molecular weight excluding hydrogens is 326 g/mol. The number of aryl methyl sites for hydroxylation is 1. The van der Waals surface area contributed by atoms with Crippen molar-refractivity contribution >= 4 is 21.6 Å². The number of primary sulfonamides is 1. The van der Waals surface area contributed by atoms with Gasteiger partial charge in [0, 0.05) is 5.69 Å². The molecule has 0 heterocycles. The Morgan fingerprint density at radius 1 is 1.08 bits per heavy atom. The number of carbonyl (C=O) groups is 1. The van der Waals surface area contributed by atoms with Gasteiger partial charge in [-0.1, -0.05) is 30.3 Å². The highest BCUT2D eigenvalue weighted by Gasteiger charge is 2.07. The minimum absolute atomic E-state index is 0.0943.